The lowest BCUT2D eigenvalue weighted by Gasteiger charge is -2.26. The number of hydrogen-bond acceptors (Lipinski definition) is 5. The van der Waals surface area contributed by atoms with Crippen molar-refractivity contribution in [1.29, 1.82) is 0 Å². The molecule has 1 unspecified atom stereocenters. The molecule has 0 bridgehead atoms. The average molecular weight is 452 g/mol. The van der Waals surface area contributed by atoms with E-state index in [1.54, 1.807) is 11.1 Å². The van der Waals surface area contributed by atoms with Crippen molar-refractivity contribution in [3.63, 3.8) is 0 Å². The first kappa shape index (κ1) is 23.5. The SMILES string of the molecule is CC.CC1CC[C@@H](C(=O)Nc2ncc(-c3ccccc3)s2)N1C(=O)OCc1ccccc1. The minimum absolute atomic E-state index is 0.0554. The molecule has 0 radical (unpaired) electrons. The van der Waals surface area contributed by atoms with E-state index in [1.807, 2.05) is 81.4 Å². The van der Waals surface area contributed by atoms with E-state index < -0.39 is 12.1 Å². The number of rotatable bonds is 5. The highest BCUT2D eigenvalue weighted by molar-refractivity contribution is 7.19. The van der Waals surface area contributed by atoms with Crippen LogP contribution in [0, 0.1) is 0 Å². The second-order valence-electron chi connectivity index (χ2n) is 7.27. The maximum Gasteiger partial charge on any atom is 0.411 e. The fourth-order valence-electron chi connectivity index (χ4n) is 3.60. The number of thiazole rings is 1. The summed E-state index contributed by atoms with van der Waals surface area (Å²) in [5, 5.41) is 3.40. The van der Waals surface area contributed by atoms with Gasteiger partial charge in [-0.3, -0.25) is 9.69 Å². The summed E-state index contributed by atoms with van der Waals surface area (Å²) >= 11 is 1.41. The van der Waals surface area contributed by atoms with E-state index in [9.17, 15) is 9.59 Å². The van der Waals surface area contributed by atoms with Gasteiger partial charge in [0.15, 0.2) is 5.13 Å². The van der Waals surface area contributed by atoms with Gasteiger partial charge in [-0.15, -0.1) is 0 Å². The summed E-state index contributed by atoms with van der Waals surface area (Å²) in [4.78, 5) is 32.4. The van der Waals surface area contributed by atoms with Crippen LogP contribution in [-0.2, 0) is 16.1 Å². The smallest absolute Gasteiger partial charge is 0.411 e. The third-order valence-electron chi connectivity index (χ3n) is 5.18. The number of likely N-dealkylation sites (tertiary alicyclic amines) is 1. The summed E-state index contributed by atoms with van der Waals surface area (Å²) in [6.45, 7) is 6.12. The standard InChI is InChI=1S/C23H23N3O3S.C2H6/c1-16-12-13-19(26(16)23(28)29-15-17-8-4-2-5-9-17)21(27)25-22-24-14-20(30-22)18-10-6-3-7-11-18;1-2/h2-11,14,16,19H,12-13,15H2,1H3,(H,24,25,27);1-2H3/t16?,19-;/m0./s1. The third-order valence-corrected chi connectivity index (χ3v) is 6.14. The zero-order valence-corrected chi connectivity index (χ0v) is 19.5. The molecule has 1 aliphatic heterocycles. The number of nitrogens with zero attached hydrogens (tertiary/aromatic N) is 2. The molecule has 1 fully saturated rings. The van der Waals surface area contributed by atoms with Crippen molar-refractivity contribution in [2.24, 2.45) is 0 Å². The monoisotopic (exact) mass is 451 g/mol. The molecule has 32 heavy (non-hydrogen) atoms. The van der Waals surface area contributed by atoms with Crippen LogP contribution in [0.2, 0.25) is 0 Å². The molecule has 0 saturated carbocycles. The molecule has 3 aromatic rings. The van der Waals surface area contributed by atoms with Gasteiger partial charge in [0.1, 0.15) is 12.6 Å². The summed E-state index contributed by atoms with van der Waals surface area (Å²) in [7, 11) is 0. The van der Waals surface area contributed by atoms with E-state index in [4.69, 9.17) is 4.74 Å². The summed E-state index contributed by atoms with van der Waals surface area (Å²) in [5.74, 6) is -0.232. The Morgan fingerprint density at radius 2 is 1.72 bits per heavy atom. The predicted molar refractivity (Wildman–Crippen MR) is 128 cm³/mol. The van der Waals surface area contributed by atoms with Gasteiger partial charge in [0.05, 0.1) is 4.88 Å². The number of ether oxygens (including phenoxy) is 1. The van der Waals surface area contributed by atoms with E-state index in [1.165, 1.54) is 11.3 Å². The quantitative estimate of drug-likeness (QED) is 0.519. The Morgan fingerprint density at radius 1 is 1.06 bits per heavy atom. The first-order chi connectivity index (χ1) is 15.6. The van der Waals surface area contributed by atoms with Crippen molar-refractivity contribution in [2.45, 2.75) is 52.3 Å². The van der Waals surface area contributed by atoms with Gasteiger partial charge < -0.3 is 10.1 Å². The van der Waals surface area contributed by atoms with Gasteiger partial charge >= 0.3 is 6.09 Å². The molecule has 1 aromatic heterocycles. The topological polar surface area (TPSA) is 71.5 Å². The van der Waals surface area contributed by atoms with Gasteiger partial charge in [0.2, 0.25) is 5.91 Å². The molecule has 0 spiro atoms. The lowest BCUT2D eigenvalue weighted by Crippen LogP contribution is -2.46. The summed E-state index contributed by atoms with van der Waals surface area (Å²) < 4.78 is 5.47. The number of nitrogens with one attached hydrogen (secondary N) is 1. The summed E-state index contributed by atoms with van der Waals surface area (Å²) in [6.07, 6.45) is 2.64. The second kappa shape index (κ2) is 11.4. The fraction of sp³-hybridized carbons (Fsp3) is 0.320. The zero-order valence-electron chi connectivity index (χ0n) is 18.7. The van der Waals surface area contributed by atoms with Crippen LogP contribution in [0.1, 0.15) is 39.2 Å². The van der Waals surface area contributed by atoms with Crippen molar-refractivity contribution in [2.75, 3.05) is 5.32 Å². The highest BCUT2D eigenvalue weighted by Crippen LogP contribution is 2.30. The third kappa shape index (κ3) is 5.73. The molecule has 0 aliphatic carbocycles. The first-order valence-corrected chi connectivity index (χ1v) is 11.7. The number of anilines is 1. The highest BCUT2D eigenvalue weighted by atomic mass is 32.1. The van der Waals surface area contributed by atoms with Gasteiger partial charge in [-0.1, -0.05) is 85.8 Å². The maximum absolute atomic E-state index is 12.9. The number of carbonyl (C=O) groups is 2. The van der Waals surface area contributed by atoms with Gasteiger partial charge in [-0.25, -0.2) is 9.78 Å². The minimum Gasteiger partial charge on any atom is -0.445 e. The summed E-state index contributed by atoms with van der Waals surface area (Å²) in [6, 6.07) is 18.8. The predicted octanol–water partition coefficient (Wildman–Crippen LogP) is 5.96. The molecule has 4 rings (SSSR count). The van der Waals surface area contributed by atoms with Crippen LogP contribution in [0.5, 0.6) is 0 Å². The van der Waals surface area contributed by atoms with E-state index >= 15 is 0 Å². The second-order valence-corrected chi connectivity index (χ2v) is 8.31. The van der Waals surface area contributed by atoms with Crippen LogP contribution in [0.3, 0.4) is 0 Å². The molecule has 2 aromatic carbocycles. The highest BCUT2D eigenvalue weighted by Gasteiger charge is 2.40. The Kier molecular flexibility index (Phi) is 8.39. The number of amides is 2. The molecule has 7 heteroatoms. The first-order valence-electron chi connectivity index (χ1n) is 10.9. The lowest BCUT2D eigenvalue weighted by atomic mass is 10.2. The molecular formula is C25H29N3O3S. The Labute approximate surface area is 193 Å². The van der Waals surface area contributed by atoms with Crippen LogP contribution in [-0.4, -0.2) is 34.0 Å². The molecular weight excluding hydrogens is 422 g/mol. The van der Waals surface area contributed by atoms with Crippen LogP contribution in [0.15, 0.2) is 66.9 Å². The fourth-order valence-corrected chi connectivity index (χ4v) is 4.42. The lowest BCUT2D eigenvalue weighted by molar-refractivity contribution is -0.120. The van der Waals surface area contributed by atoms with Crippen molar-refractivity contribution in [1.82, 2.24) is 9.88 Å². The van der Waals surface area contributed by atoms with Gasteiger partial charge in [-0.2, -0.15) is 0 Å². The minimum atomic E-state index is -0.563. The molecule has 2 amide bonds. The van der Waals surface area contributed by atoms with E-state index in [0.717, 1.165) is 22.4 Å². The molecule has 168 valence electrons. The molecule has 1 aliphatic rings. The van der Waals surface area contributed by atoms with Gasteiger partial charge in [0.25, 0.3) is 0 Å². The molecule has 2 atom stereocenters. The van der Waals surface area contributed by atoms with Crippen molar-refractivity contribution in [3.8, 4) is 10.4 Å². The number of hydrogen-bond donors (Lipinski definition) is 1. The number of carbonyl (C=O) groups excluding carboxylic acids is 2. The van der Waals surface area contributed by atoms with E-state index in [0.29, 0.717) is 11.6 Å². The van der Waals surface area contributed by atoms with Crippen LogP contribution in [0.25, 0.3) is 10.4 Å². The van der Waals surface area contributed by atoms with Crippen molar-refractivity contribution in [3.05, 3.63) is 72.4 Å². The van der Waals surface area contributed by atoms with Gasteiger partial charge in [-0.05, 0) is 30.9 Å². The Hall–Kier alpha value is -3.19. The van der Waals surface area contributed by atoms with Gasteiger partial charge in [0, 0.05) is 12.2 Å². The number of aromatic nitrogens is 1. The number of benzene rings is 2. The molecule has 1 N–H and O–H groups in total. The zero-order chi connectivity index (χ0) is 22.9. The van der Waals surface area contributed by atoms with Crippen molar-refractivity contribution < 1.29 is 14.3 Å². The molecule has 1 saturated heterocycles. The van der Waals surface area contributed by atoms with Crippen LogP contribution in [0.4, 0.5) is 9.93 Å². The van der Waals surface area contributed by atoms with Crippen molar-refractivity contribution >= 4 is 28.5 Å². The maximum atomic E-state index is 12.9. The normalized spacial score (nSPS) is 17.3. The largest absolute Gasteiger partial charge is 0.445 e. The molecule has 6 nitrogen and oxygen atoms in total. The Morgan fingerprint density at radius 3 is 2.41 bits per heavy atom. The molecule has 2 heterocycles. The van der Waals surface area contributed by atoms with Crippen LogP contribution < -0.4 is 5.32 Å². The van der Waals surface area contributed by atoms with E-state index in [2.05, 4.69) is 10.3 Å². The Bertz CT molecular complexity index is 1010. The summed E-state index contributed by atoms with van der Waals surface area (Å²) in [5.41, 5.74) is 1.96. The van der Waals surface area contributed by atoms with Crippen LogP contribution >= 0.6 is 11.3 Å². The average Bonchev–Trinajstić information content (AvgIpc) is 3.47. The Balaban J connectivity index is 0.00000141. The van der Waals surface area contributed by atoms with E-state index in [-0.39, 0.29) is 18.6 Å².